The number of thiophene rings is 1. The molecule has 2 aromatic heterocycles. The second kappa shape index (κ2) is 7.34. The SMILES string of the molecule is Cc1nc(CNCCc2ccc(Cl)s2)cs1.Cl. The van der Waals surface area contributed by atoms with Crippen LogP contribution in [0.3, 0.4) is 0 Å². The third kappa shape index (κ3) is 4.94. The molecule has 0 aromatic carbocycles. The molecule has 0 saturated carbocycles. The Morgan fingerprint density at radius 2 is 2.24 bits per heavy atom. The van der Waals surface area contributed by atoms with Gasteiger partial charge in [-0.1, -0.05) is 11.6 Å². The van der Waals surface area contributed by atoms with E-state index >= 15 is 0 Å². The number of rotatable bonds is 5. The fourth-order valence-corrected chi connectivity index (χ4v) is 3.10. The standard InChI is InChI=1S/C11H13ClN2S2.ClH/c1-8-14-9(7-15-8)6-13-5-4-10-2-3-11(12)16-10;/h2-3,7,13H,4-6H2,1H3;1H. The minimum atomic E-state index is 0. The van der Waals surface area contributed by atoms with Crippen molar-refractivity contribution in [3.8, 4) is 0 Å². The molecule has 0 aliphatic rings. The normalized spacial score (nSPS) is 10.2. The molecule has 1 N–H and O–H groups in total. The van der Waals surface area contributed by atoms with Gasteiger partial charge in [-0.3, -0.25) is 0 Å². The first-order valence-corrected chi connectivity index (χ1v) is 7.17. The smallest absolute Gasteiger partial charge is 0.0931 e. The summed E-state index contributed by atoms with van der Waals surface area (Å²) in [5.74, 6) is 0. The second-order valence-electron chi connectivity index (χ2n) is 3.49. The first kappa shape index (κ1) is 14.9. The Morgan fingerprint density at radius 1 is 1.41 bits per heavy atom. The van der Waals surface area contributed by atoms with Crippen LogP contribution in [0.4, 0.5) is 0 Å². The molecule has 0 fully saturated rings. The number of hydrogen-bond donors (Lipinski definition) is 1. The average Bonchev–Trinajstić information content (AvgIpc) is 2.83. The minimum Gasteiger partial charge on any atom is -0.311 e. The average molecular weight is 309 g/mol. The highest BCUT2D eigenvalue weighted by Crippen LogP contribution is 2.21. The van der Waals surface area contributed by atoms with Gasteiger partial charge in [0.1, 0.15) is 0 Å². The maximum atomic E-state index is 5.86. The van der Waals surface area contributed by atoms with E-state index < -0.39 is 0 Å². The molecular formula is C11H14Cl2N2S2. The Morgan fingerprint density at radius 3 is 2.82 bits per heavy atom. The van der Waals surface area contributed by atoms with Gasteiger partial charge in [-0.15, -0.1) is 35.1 Å². The van der Waals surface area contributed by atoms with Crippen molar-refractivity contribution in [1.82, 2.24) is 10.3 Å². The van der Waals surface area contributed by atoms with Gasteiger partial charge in [-0.2, -0.15) is 0 Å². The highest BCUT2D eigenvalue weighted by molar-refractivity contribution is 7.16. The van der Waals surface area contributed by atoms with E-state index in [0.717, 1.165) is 34.5 Å². The van der Waals surface area contributed by atoms with Crippen LogP contribution in [-0.4, -0.2) is 11.5 Å². The predicted molar refractivity (Wildman–Crippen MR) is 78.8 cm³/mol. The third-order valence-electron chi connectivity index (χ3n) is 2.15. The van der Waals surface area contributed by atoms with E-state index in [2.05, 4.69) is 21.7 Å². The summed E-state index contributed by atoms with van der Waals surface area (Å²) in [6.07, 6.45) is 1.03. The van der Waals surface area contributed by atoms with E-state index in [1.807, 2.05) is 13.0 Å². The molecule has 2 aromatic rings. The van der Waals surface area contributed by atoms with Crippen LogP contribution in [0, 0.1) is 6.92 Å². The van der Waals surface area contributed by atoms with Crippen molar-refractivity contribution < 1.29 is 0 Å². The number of aryl methyl sites for hydroxylation is 1. The molecule has 2 rings (SSSR count). The summed E-state index contributed by atoms with van der Waals surface area (Å²) in [6, 6.07) is 4.03. The largest absolute Gasteiger partial charge is 0.311 e. The van der Waals surface area contributed by atoms with Crippen LogP contribution in [0.5, 0.6) is 0 Å². The second-order valence-corrected chi connectivity index (χ2v) is 6.35. The van der Waals surface area contributed by atoms with Gasteiger partial charge in [0.15, 0.2) is 0 Å². The van der Waals surface area contributed by atoms with Gasteiger partial charge in [0.25, 0.3) is 0 Å². The Balaban J connectivity index is 0.00000144. The first-order valence-electron chi connectivity index (χ1n) is 5.10. The molecule has 2 heterocycles. The van der Waals surface area contributed by atoms with Gasteiger partial charge in [0.05, 0.1) is 15.0 Å². The Bertz CT molecular complexity index is 412. The summed E-state index contributed by atoms with van der Waals surface area (Å²) >= 11 is 9.21. The molecule has 0 unspecified atom stereocenters. The summed E-state index contributed by atoms with van der Waals surface area (Å²) < 4.78 is 0.866. The van der Waals surface area contributed by atoms with Crippen LogP contribution < -0.4 is 5.32 Å². The van der Waals surface area contributed by atoms with Crippen LogP contribution >= 0.6 is 46.7 Å². The molecule has 0 aliphatic heterocycles. The topological polar surface area (TPSA) is 24.9 Å². The predicted octanol–water partition coefficient (Wildman–Crippen LogP) is 3.92. The van der Waals surface area contributed by atoms with Crippen molar-refractivity contribution in [1.29, 1.82) is 0 Å². The fraction of sp³-hybridized carbons (Fsp3) is 0.364. The molecule has 94 valence electrons. The number of nitrogens with one attached hydrogen (secondary N) is 1. The number of nitrogens with zero attached hydrogens (tertiary/aromatic N) is 1. The molecule has 0 atom stereocenters. The fourth-order valence-electron chi connectivity index (χ4n) is 1.40. The zero-order valence-electron chi connectivity index (χ0n) is 9.40. The maximum absolute atomic E-state index is 5.86. The Labute approximate surface area is 120 Å². The molecule has 0 bridgehead atoms. The number of aromatic nitrogens is 1. The van der Waals surface area contributed by atoms with Crippen LogP contribution in [-0.2, 0) is 13.0 Å². The Kier molecular flexibility index (Phi) is 6.44. The quantitative estimate of drug-likeness (QED) is 0.847. The summed E-state index contributed by atoms with van der Waals surface area (Å²) in [5.41, 5.74) is 1.13. The summed E-state index contributed by atoms with van der Waals surface area (Å²) in [5, 5.41) is 6.61. The molecule has 0 saturated heterocycles. The van der Waals surface area contributed by atoms with Crippen molar-refractivity contribution in [3.63, 3.8) is 0 Å². The molecule has 2 nitrogen and oxygen atoms in total. The molecule has 0 radical (unpaired) electrons. The molecule has 0 amide bonds. The lowest BCUT2D eigenvalue weighted by molar-refractivity contribution is 0.680. The third-order valence-corrected chi connectivity index (χ3v) is 4.26. The van der Waals surface area contributed by atoms with Crippen LogP contribution in [0.1, 0.15) is 15.6 Å². The zero-order chi connectivity index (χ0) is 11.4. The van der Waals surface area contributed by atoms with E-state index in [1.165, 1.54) is 4.88 Å². The van der Waals surface area contributed by atoms with Crippen molar-refractivity contribution >= 4 is 46.7 Å². The van der Waals surface area contributed by atoms with Crippen LogP contribution in [0.25, 0.3) is 0 Å². The summed E-state index contributed by atoms with van der Waals surface area (Å²) in [4.78, 5) is 5.72. The van der Waals surface area contributed by atoms with Gasteiger partial charge in [-0.05, 0) is 25.5 Å². The minimum absolute atomic E-state index is 0. The van der Waals surface area contributed by atoms with E-state index in [1.54, 1.807) is 22.7 Å². The molecule has 0 spiro atoms. The lowest BCUT2D eigenvalue weighted by atomic mass is 10.3. The molecule has 17 heavy (non-hydrogen) atoms. The van der Waals surface area contributed by atoms with Crippen molar-refractivity contribution in [2.45, 2.75) is 19.9 Å². The number of thiazole rings is 1. The van der Waals surface area contributed by atoms with E-state index in [9.17, 15) is 0 Å². The van der Waals surface area contributed by atoms with E-state index in [0.29, 0.717) is 0 Å². The summed E-state index contributed by atoms with van der Waals surface area (Å²) in [6.45, 7) is 3.85. The van der Waals surface area contributed by atoms with Gasteiger partial charge in [0, 0.05) is 23.3 Å². The van der Waals surface area contributed by atoms with Gasteiger partial charge >= 0.3 is 0 Å². The summed E-state index contributed by atoms with van der Waals surface area (Å²) in [7, 11) is 0. The van der Waals surface area contributed by atoms with Crippen LogP contribution in [0.2, 0.25) is 4.34 Å². The monoisotopic (exact) mass is 308 g/mol. The highest BCUT2D eigenvalue weighted by atomic mass is 35.5. The molecule has 0 aliphatic carbocycles. The van der Waals surface area contributed by atoms with E-state index in [-0.39, 0.29) is 12.4 Å². The molecular weight excluding hydrogens is 295 g/mol. The van der Waals surface area contributed by atoms with Gasteiger partial charge in [0.2, 0.25) is 0 Å². The lowest BCUT2D eigenvalue weighted by Crippen LogP contribution is -2.16. The van der Waals surface area contributed by atoms with Crippen LogP contribution in [0.15, 0.2) is 17.5 Å². The van der Waals surface area contributed by atoms with Crippen molar-refractivity contribution in [2.75, 3.05) is 6.54 Å². The highest BCUT2D eigenvalue weighted by Gasteiger charge is 1.99. The van der Waals surface area contributed by atoms with Crippen molar-refractivity contribution in [2.24, 2.45) is 0 Å². The Hall–Kier alpha value is -0.130. The van der Waals surface area contributed by atoms with Gasteiger partial charge in [-0.25, -0.2) is 4.98 Å². The molecule has 6 heteroatoms. The number of halogens is 2. The first-order chi connectivity index (χ1) is 7.74. The number of hydrogen-bond acceptors (Lipinski definition) is 4. The zero-order valence-corrected chi connectivity index (χ0v) is 12.6. The van der Waals surface area contributed by atoms with E-state index in [4.69, 9.17) is 11.6 Å². The van der Waals surface area contributed by atoms with Crippen molar-refractivity contribution in [3.05, 3.63) is 37.4 Å². The lowest BCUT2D eigenvalue weighted by Gasteiger charge is -2.00. The maximum Gasteiger partial charge on any atom is 0.0931 e. The van der Waals surface area contributed by atoms with Gasteiger partial charge < -0.3 is 5.32 Å².